The Labute approximate surface area is 257 Å². The van der Waals surface area contributed by atoms with Crippen molar-refractivity contribution in [1.29, 1.82) is 0 Å². The maximum atomic E-state index is 14.5. The molecule has 2 fully saturated rings. The predicted octanol–water partition coefficient (Wildman–Crippen LogP) is 6.17. The van der Waals surface area contributed by atoms with Crippen molar-refractivity contribution in [2.75, 3.05) is 6.54 Å². The second-order valence-corrected chi connectivity index (χ2v) is 15.3. The van der Waals surface area contributed by atoms with Crippen molar-refractivity contribution in [2.45, 2.75) is 47.7 Å². The Morgan fingerprint density at radius 1 is 0.698 bits per heavy atom. The number of ketones is 1. The standard InChI is InChI=1S/C33H31ClN2O5S2/c1-23-15-17-27(18-16-23)43(40,41)36-31(25-11-6-3-7-12-25)21-33(37)29-22-35(42(38,39)28-14-8-13-26(34)19-28)30(20-32(29)36)24-9-4-2-5-10-24/h2-19,29-32H,20-22H2,1H3/t29-,30+,31+,32+/m1/s1. The molecule has 4 atom stereocenters. The average Bonchev–Trinajstić information content (AvgIpc) is 3.01. The van der Waals surface area contributed by atoms with E-state index in [1.807, 2.05) is 67.6 Å². The summed E-state index contributed by atoms with van der Waals surface area (Å²) in [7, 11) is -8.19. The second-order valence-electron chi connectivity index (χ2n) is 11.1. The van der Waals surface area contributed by atoms with Gasteiger partial charge in [0.05, 0.1) is 21.9 Å². The highest BCUT2D eigenvalue weighted by Gasteiger charge is 2.54. The number of hydrogen-bond acceptors (Lipinski definition) is 5. The first-order valence-corrected chi connectivity index (χ1v) is 17.3. The van der Waals surface area contributed by atoms with Crippen molar-refractivity contribution < 1.29 is 21.6 Å². The molecule has 0 bridgehead atoms. The maximum Gasteiger partial charge on any atom is 0.243 e. The molecule has 0 N–H and O–H groups in total. The van der Waals surface area contributed by atoms with E-state index >= 15 is 0 Å². The number of aryl methyl sites for hydroxylation is 1. The maximum absolute atomic E-state index is 14.5. The van der Waals surface area contributed by atoms with E-state index in [4.69, 9.17) is 11.6 Å². The van der Waals surface area contributed by atoms with Crippen LogP contribution in [-0.4, -0.2) is 43.8 Å². The molecule has 2 aliphatic heterocycles. The van der Waals surface area contributed by atoms with E-state index in [0.717, 1.165) is 11.1 Å². The Morgan fingerprint density at radius 2 is 1.30 bits per heavy atom. The van der Waals surface area contributed by atoms with Crippen LogP contribution < -0.4 is 0 Å². The van der Waals surface area contributed by atoms with Gasteiger partial charge in [-0.1, -0.05) is 96.0 Å². The molecule has 0 aliphatic carbocycles. The van der Waals surface area contributed by atoms with E-state index < -0.39 is 44.1 Å². The van der Waals surface area contributed by atoms with Gasteiger partial charge in [0, 0.05) is 29.9 Å². The van der Waals surface area contributed by atoms with Crippen LogP contribution in [0.25, 0.3) is 0 Å². The van der Waals surface area contributed by atoms with Crippen molar-refractivity contribution in [3.05, 3.63) is 131 Å². The number of carbonyl (C=O) groups is 1. The van der Waals surface area contributed by atoms with Crippen molar-refractivity contribution in [3.63, 3.8) is 0 Å². The van der Waals surface area contributed by atoms with Crippen molar-refractivity contribution in [3.8, 4) is 0 Å². The smallest absolute Gasteiger partial charge is 0.243 e. The summed E-state index contributed by atoms with van der Waals surface area (Å²) in [4.78, 5) is 14.1. The van der Waals surface area contributed by atoms with Gasteiger partial charge in [0.2, 0.25) is 20.0 Å². The van der Waals surface area contributed by atoms with Gasteiger partial charge in [0.1, 0.15) is 5.78 Å². The van der Waals surface area contributed by atoms with Crippen molar-refractivity contribution in [2.24, 2.45) is 5.92 Å². The molecule has 222 valence electrons. The third-order valence-corrected chi connectivity index (χ3v) is 12.5. The first kappa shape index (κ1) is 29.7. The van der Waals surface area contributed by atoms with E-state index in [1.54, 1.807) is 36.4 Å². The van der Waals surface area contributed by atoms with Gasteiger partial charge in [-0.3, -0.25) is 4.79 Å². The van der Waals surface area contributed by atoms with Crippen LogP contribution in [0.4, 0.5) is 0 Å². The topological polar surface area (TPSA) is 91.8 Å². The number of carbonyl (C=O) groups excluding carboxylic acids is 1. The summed E-state index contributed by atoms with van der Waals surface area (Å²) >= 11 is 6.18. The Morgan fingerprint density at radius 3 is 1.91 bits per heavy atom. The molecule has 0 spiro atoms. The van der Waals surface area contributed by atoms with Crippen LogP contribution in [0.3, 0.4) is 0 Å². The lowest BCUT2D eigenvalue weighted by Crippen LogP contribution is -2.60. The summed E-state index contributed by atoms with van der Waals surface area (Å²) in [6.07, 6.45) is 0.0476. The van der Waals surface area contributed by atoms with Crippen LogP contribution in [0.15, 0.2) is 119 Å². The summed E-state index contributed by atoms with van der Waals surface area (Å²) in [6, 6.07) is 28.9. The molecular formula is C33H31ClN2O5S2. The van der Waals surface area contributed by atoms with Gasteiger partial charge in [0.25, 0.3) is 0 Å². The highest BCUT2D eigenvalue weighted by atomic mass is 35.5. The molecule has 6 rings (SSSR count). The van der Waals surface area contributed by atoms with Gasteiger partial charge >= 0.3 is 0 Å². The molecule has 4 aromatic carbocycles. The van der Waals surface area contributed by atoms with E-state index in [9.17, 15) is 21.6 Å². The summed E-state index contributed by atoms with van der Waals surface area (Å²) < 4.78 is 60.1. The third-order valence-electron chi connectivity index (χ3n) is 8.46. The Bertz CT molecular complexity index is 1850. The zero-order valence-corrected chi connectivity index (χ0v) is 25.8. The van der Waals surface area contributed by atoms with Crippen LogP contribution in [0.2, 0.25) is 5.02 Å². The average molecular weight is 635 g/mol. The highest BCUT2D eigenvalue weighted by Crippen LogP contribution is 2.48. The second kappa shape index (κ2) is 11.6. The minimum Gasteiger partial charge on any atom is -0.299 e. The number of piperidine rings is 2. The lowest BCUT2D eigenvalue weighted by Gasteiger charge is -2.51. The molecule has 2 saturated heterocycles. The summed E-state index contributed by atoms with van der Waals surface area (Å²) in [5, 5.41) is 0.280. The first-order valence-electron chi connectivity index (χ1n) is 14.1. The number of rotatable bonds is 6. The van der Waals surface area contributed by atoms with E-state index in [2.05, 4.69) is 0 Å². The quantitative estimate of drug-likeness (QED) is 0.253. The number of benzene rings is 4. The van der Waals surface area contributed by atoms with Crippen LogP contribution in [-0.2, 0) is 24.8 Å². The lowest BCUT2D eigenvalue weighted by molar-refractivity contribution is -0.132. The minimum absolute atomic E-state index is 0.0222. The fourth-order valence-electron chi connectivity index (χ4n) is 6.34. The van der Waals surface area contributed by atoms with Gasteiger partial charge in [0.15, 0.2) is 0 Å². The number of halogens is 1. The molecule has 43 heavy (non-hydrogen) atoms. The molecule has 10 heteroatoms. The first-order chi connectivity index (χ1) is 20.6. The molecule has 7 nitrogen and oxygen atoms in total. The fraction of sp³-hybridized carbons (Fsp3) is 0.242. The van der Waals surface area contributed by atoms with Gasteiger partial charge in [-0.2, -0.15) is 8.61 Å². The third kappa shape index (κ3) is 5.56. The SMILES string of the molecule is Cc1ccc(S(=O)(=O)N2[C@H](c3ccccc3)CC(=O)[C@@H]3CN(S(=O)(=O)c4cccc(Cl)c4)[C@H](c4ccccc4)C[C@@H]32)cc1. The summed E-state index contributed by atoms with van der Waals surface area (Å²) in [5.41, 5.74) is 2.36. The lowest BCUT2D eigenvalue weighted by atomic mass is 9.77. The van der Waals surface area contributed by atoms with Gasteiger partial charge in [-0.15, -0.1) is 0 Å². The number of Topliss-reactive ketones (excluding diaryl/α,β-unsaturated/α-hetero) is 1. The number of hydrogen-bond donors (Lipinski definition) is 0. The molecule has 0 unspecified atom stereocenters. The molecule has 0 saturated carbocycles. The van der Waals surface area contributed by atoms with Crippen LogP contribution in [0.1, 0.15) is 41.6 Å². The normalized spacial score (nSPS) is 23.5. The minimum atomic E-state index is -4.10. The van der Waals surface area contributed by atoms with Crippen molar-refractivity contribution in [1.82, 2.24) is 8.61 Å². The monoisotopic (exact) mass is 634 g/mol. The fourth-order valence-corrected chi connectivity index (χ4v) is 10.1. The Balaban J connectivity index is 1.50. The van der Waals surface area contributed by atoms with Gasteiger partial charge in [-0.05, 0) is 54.8 Å². The van der Waals surface area contributed by atoms with Crippen LogP contribution in [0, 0.1) is 12.8 Å². The molecule has 0 radical (unpaired) electrons. The molecule has 2 aliphatic rings. The summed E-state index contributed by atoms with van der Waals surface area (Å²) in [5.74, 6) is -1.01. The molecule has 0 amide bonds. The van der Waals surface area contributed by atoms with Gasteiger partial charge < -0.3 is 0 Å². The van der Waals surface area contributed by atoms with Crippen molar-refractivity contribution >= 4 is 37.4 Å². The molecule has 2 heterocycles. The van der Waals surface area contributed by atoms with Crippen LogP contribution in [0.5, 0.6) is 0 Å². The zero-order chi connectivity index (χ0) is 30.4. The largest absolute Gasteiger partial charge is 0.299 e. The Kier molecular flexibility index (Phi) is 8.04. The van der Waals surface area contributed by atoms with E-state index in [-0.39, 0.29) is 40.0 Å². The number of nitrogens with zero attached hydrogens (tertiary/aromatic N) is 2. The number of sulfonamides is 2. The number of fused-ring (bicyclic) bond motifs is 1. The molecule has 4 aromatic rings. The Hall–Kier alpha value is -3.34. The van der Waals surface area contributed by atoms with Crippen LogP contribution >= 0.6 is 11.6 Å². The van der Waals surface area contributed by atoms with E-state index in [0.29, 0.717) is 5.56 Å². The predicted molar refractivity (Wildman–Crippen MR) is 165 cm³/mol. The summed E-state index contributed by atoms with van der Waals surface area (Å²) in [6.45, 7) is 1.73. The highest BCUT2D eigenvalue weighted by molar-refractivity contribution is 7.89. The van der Waals surface area contributed by atoms with E-state index in [1.165, 1.54) is 20.7 Å². The zero-order valence-electron chi connectivity index (χ0n) is 23.5. The molecular weight excluding hydrogens is 604 g/mol. The van der Waals surface area contributed by atoms with Gasteiger partial charge in [-0.25, -0.2) is 16.8 Å². The molecule has 0 aromatic heterocycles.